The van der Waals surface area contributed by atoms with Crippen LogP contribution in [0.3, 0.4) is 0 Å². The lowest BCUT2D eigenvalue weighted by molar-refractivity contribution is -0.114. The predicted octanol–water partition coefficient (Wildman–Crippen LogP) is 2.73. The van der Waals surface area contributed by atoms with Crippen molar-refractivity contribution in [1.29, 1.82) is 0 Å². The van der Waals surface area contributed by atoms with Gasteiger partial charge in [0.25, 0.3) is 10.0 Å². The van der Waals surface area contributed by atoms with Gasteiger partial charge in [-0.2, -0.15) is 0 Å². The summed E-state index contributed by atoms with van der Waals surface area (Å²) in [6, 6.07) is 12.9. The molecule has 3 aromatic rings. The monoisotopic (exact) mass is 403 g/mol. The van der Waals surface area contributed by atoms with E-state index in [2.05, 4.69) is 20.2 Å². The van der Waals surface area contributed by atoms with Gasteiger partial charge in [-0.1, -0.05) is 0 Å². The first-order valence-electron chi connectivity index (χ1n) is 7.86. The Morgan fingerprint density at radius 1 is 1.04 bits per heavy atom. The Labute approximate surface area is 161 Å². The lowest BCUT2D eigenvalue weighted by atomic mass is 10.3. The topological polar surface area (TPSA) is 106 Å². The van der Waals surface area contributed by atoms with E-state index in [0.29, 0.717) is 11.4 Å². The summed E-state index contributed by atoms with van der Waals surface area (Å²) in [5.74, 6) is -0.219. The van der Waals surface area contributed by atoms with Crippen LogP contribution in [0.1, 0.15) is 6.92 Å². The largest absolute Gasteiger partial charge is 0.326 e. The zero-order valence-electron chi connectivity index (χ0n) is 14.6. The van der Waals surface area contributed by atoms with Gasteiger partial charge in [0.15, 0.2) is 5.16 Å². The van der Waals surface area contributed by atoms with Crippen molar-refractivity contribution in [3.63, 3.8) is 0 Å². The second kappa shape index (κ2) is 7.80. The van der Waals surface area contributed by atoms with Crippen LogP contribution in [0.5, 0.6) is 0 Å². The molecule has 2 N–H and O–H groups in total. The first kappa shape index (κ1) is 18.9. The maximum Gasteiger partial charge on any atom is 0.261 e. The van der Waals surface area contributed by atoms with Gasteiger partial charge in [-0.05, 0) is 60.3 Å². The van der Waals surface area contributed by atoms with Crippen molar-refractivity contribution in [3.05, 3.63) is 54.9 Å². The first-order chi connectivity index (χ1) is 12.8. The Hall–Kier alpha value is -2.85. The van der Waals surface area contributed by atoms with Crippen molar-refractivity contribution >= 4 is 39.1 Å². The molecule has 27 heavy (non-hydrogen) atoms. The molecular weight excluding hydrogens is 386 g/mol. The van der Waals surface area contributed by atoms with Crippen LogP contribution in [0.25, 0.3) is 0 Å². The Kier molecular flexibility index (Phi) is 5.47. The lowest BCUT2D eigenvalue weighted by Gasteiger charge is -2.09. The molecule has 1 amide bonds. The highest BCUT2D eigenvalue weighted by Crippen LogP contribution is 2.27. The van der Waals surface area contributed by atoms with Crippen LogP contribution in [0, 0.1) is 0 Å². The molecule has 0 aliphatic heterocycles. The number of hydrogen-bond donors (Lipinski definition) is 2. The maximum atomic E-state index is 12.5. The maximum absolute atomic E-state index is 12.5. The van der Waals surface area contributed by atoms with Crippen LogP contribution in [-0.4, -0.2) is 29.1 Å². The second-order valence-corrected chi connectivity index (χ2v) is 8.39. The Morgan fingerprint density at radius 2 is 1.67 bits per heavy atom. The van der Waals surface area contributed by atoms with Gasteiger partial charge < -0.3 is 9.88 Å². The average Bonchev–Trinajstić information content (AvgIpc) is 3.01. The first-order valence-corrected chi connectivity index (χ1v) is 10.2. The van der Waals surface area contributed by atoms with Crippen LogP contribution in [0.4, 0.5) is 11.4 Å². The summed E-state index contributed by atoms with van der Waals surface area (Å²) in [6.07, 6.45) is 1.61. The van der Waals surface area contributed by atoms with E-state index in [-0.39, 0.29) is 10.8 Å². The number of amides is 1. The minimum Gasteiger partial charge on any atom is -0.326 e. The van der Waals surface area contributed by atoms with Crippen LogP contribution in [-0.2, 0) is 21.9 Å². The smallest absolute Gasteiger partial charge is 0.261 e. The van der Waals surface area contributed by atoms with Crippen LogP contribution < -0.4 is 10.0 Å². The molecule has 8 nitrogen and oxygen atoms in total. The number of carbonyl (C=O) groups is 1. The van der Waals surface area contributed by atoms with Crippen LogP contribution in [0.15, 0.2) is 69.8 Å². The number of benzene rings is 2. The number of carbonyl (C=O) groups excluding carboxylic acids is 1. The molecule has 3 rings (SSSR count). The van der Waals surface area contributed by atoms with Gasteiger partial charge in [0.05, 0.1) is 4.90 Å². The van der Waals surface area contributed by atoms with Gasteiger partial charge in [-0.25, -0.2) is 8.42 Å². The minimum absolute atomic E-state index is 0.106. The van der Waals surface area contributed by atoms with Crippen molar-refractivity contribution in [3.8, 4) is 0 Å². The molecule has 0 aliphatic rings. The molecule has 0 spiro atoms. The molecule has 0 saturated carbocycles. The normalized spacial score (nSPS) is 11.2. The van der Waals surface area contributed by atoms with E-state index in [9.17, 15) is 13.2 Å². The highest BCUT2D eigenvalue weighted by atomic mass is 32.2. The molecule has 2 aromatic carbocycles. The van der Waals surface area contributed by atoms with E-state index in [1.165, 1.54) is 43.0 Å². The Morgan fingerprint density at radius 3 is 2.22 bits per heavy atom. The minimum atomic E-state index is -3.72. The van der Waals surface area contributed by atoms with E-state index < -0.39 is 10.0 Å². The number of anilines is 2. The average molecular weight is 403 g/mol. The van der Waals surface area contributed by atoms with Crippen LogP contribution in [0.2, 0.25) is 0 Å². The van der Waals surface area contributed by atoms with Gasteiger partial charge in [-0.3, -0.25) is 9.52 Å². The predicted molar refractivity (Wildman–Crippen MR) is 103 cm³/mol. The standard InChI is InChI=1S/C17H17N5O3S2/c1-12(23)19-13-5-9-16(10-6-13)27(24,25)21-14-3-7-15(8-4-14)26-17-20-18-11-22(17)2/h3-11,21H,1-2H3,(H,19,23). The fraction of sp³-hybridized carbons (Fsp3) is 0.118. The molecule has 0 saturated heterocycles. The van der Waals surface area contributed by atoms with E-state index in [1.807, 2.05) is 7.05 Å². The van der Waals surface area contributed by atoms with E-state index in [0.717, 1.165) is 10.1 Å². The van der Waals surface area contributed by atoms with Crippen molar-refractivity contribution < 1.29 is 13.2 Å². The molecule has 0 radical (unpaired) electrons. The van der Waals surface area contributed by atoms with Crippen LogP contribution >= 0.6 is 11.8 Å². The van der Waals surface area contributed by atoms with Gasteiger partial charge in [0, 0.05) is 30.2 Å². The van der Waals surface area contributed by atoms with Gasteiger partial charge in [-0.15, -0.1) is 10.2 Å². The van der Waals surface area contributed by atoms with Gasteiger partial charge in [0.1, 0.15) is 6.33 Å². The summed E-state index contributed by atoms with van der Waals surface area (Å²) < 4.78 is 29.3. The zero-order valence-corrected chi connectivity index (χ0v) is 16.2. The van der Waals surface area contributed by atoms with Crippen molar-refractivity contribution in [2.45, 2.75) is 21.9 Å². The molecule has 0 aliphatic carbocycles. The van der Waals surface area contributed by atoms with Gasteiger partial charge >= 0.3 is 0 Å². The summed E-state index contributed by atoms with van der Waals surface area (Å²) in [5.41, 5.74) is 0.981. The molecule has 0 bridgehead atoms. The summed E-state index contributed by atoms with van der Waals surface area (Å²) in [7, 11) is -1.87. The Balaban J connectivity index is 1.70. The molecule has 0 atom stereocenters. The number of rotatable bonds is 6. The SMILES string of the molecule is CC(=O)Nc1ccc(S(=O)(=O)Nc2ccc(Sc3nncn3C)cc2)cc1. The number of aromatic nitrogens is 3. The third-order valence-electron chi connectivity index (χ3n) is 3.47. The summed E-state index contributed by atoms with van der Waals surface area (Å²) in [4.78, 5) is 12.0. The third-order valence-corrected chi connectivity index (χ3v) is 5.93. The van der Waals surface area contributed by atoms with E-state index >= 15 is 0 Å². The van der Waals surface area contributed by atoms with Crippen molar-refractivity contribution in [2.24, 2.45) is 7.05 Å². The second-order valence-electron chi connectivity index (χ2n) is 5.66. The third kappa shape index (κ3) is 4.86. The summed E-state index contributed by atoms with van der Waals surface area (Å²) in [6.45, 7) is 1.39. The number of nitrogens with one attached hydrogen (secondary N) is 2. The van der Waals surface area contributed by atoms with E-state index in [4.69, 9.17) is 0 Å². The number of aryl methyl sites for hydroxylation is 1. The summed E-state index contributed by atoms with van der Waals surface area (Å²) in [5, 5.41) is 11.1. The summed E-state index contributed by atoms with van der Waals surface area (Å²) >= 11 is 1.43. The van der Waals surface area contributed by atoms with Crippen molar-refractivity contribution in [1.82, 2.24) is 14.8 Å². The number of sulfonamides is 1. The number of hydrogen-bond acceptors (Lipinski definition) is 6. The molecule has 0 unspecified atom stereocenters. The quantitative estimate of drug-likeness (QED) is 0.655. The van der Waals surface area contributed by atoms with Crippen molar-refractivity contribution in [2.75, 3.05) is 10.0 Å². The highest BCUT2D eigenvalue weighted by Gasteiger charge is 2.14. The molecule has 140 valence electrons. The lowest BCUT2D eigenvalue weighted by Crippen LogP contribution is -2.13. The fourth-order valence-corrected chi connectivity index (χ4v) is 4.02. The highest BCUT2D eigenvalue weighted by molar-refractivity contribution is 7.99. The zero-order chi connectivity index (χ0) is 19.4. The molecule has 10 heteroatoms. The fourth-order valence-electron chi connectivity index (χ4n) is 2.20. The molecule has 0 fully saturated rings. The molecule has 1 heterocycles. The molecular formula is C17H17N5O3S2. The van der Waals surface area contributed by atoms with Gasteiger partial charge in [0.2, 0.25) is 5.91 Å². The van der Waals surface area contributed by atoms with E-state index in [1.54, 1.807) is 35.2 Å². The number of nitrogens with zero attached hydrogens (tertiary/aromatic N) is 3. The molecule has 1 aromatic heterocycles. The Bertz CT molecular complexity index is 1040.